The van der Waals surface area contributed by atoms with Crippen LogP contribution in [0, 0.1) is 5.82 Å². The zero-order valence-corrected chi connectivity index (χ0v) is 9.00. The fraction of sp³-hybridized carbons (Fsp3) is 0.455. The van der Waals surface area contributed by atoms with Gasteiger partial charge in [-0.25, -0.2) is 4.39 Å². The number of rotatable bonds is 5. The number of halogens is 1. The number of para-hydroxylation sites is 1. The van der Waals surface area contributed by atoms with Gasteiger partial charge >= 0.3 is 0 Å². The average molecular weight is 213 g/mol. The largest absolute Gasteiger partial charge is 0.487 e. The van der Waals surface area contributed by atoms with Crippen molar-refractivity contribution in [3.8, 4) is 5.75 Å². The Bertz CT molecular complexity index is 317. The van der Waals surface area contributed by atoms with Gasteiger partial charge in [0.25, 0.3) is 0 Å². The van der Waals surface area contributed by atoms with Crippen LogP contribution in [0.4, 0.5) is 4.39 Å². The molecule has 0 saturated carbocycles. The standard InChI is InChI=1S/C11H16FNO2/c1-8(14-2)7-15-11-9(6-13)4-3-5-10(11)12/h3-5,8H,6-7,13H2,1-2H3. The smallest absolute Gasteiger partial charge is 0.165 e. The highest BCUT2D eigenvalue weighted by molar-refractivity contribution is 5.34. The Hall–Kier alpha value is -1.13. The first-order valence-corrected chi connectivity index (χ1v) is 4.82. The first-order chi connectivity index (χ1) is 7.19. The molecule has 3 nitrogen and oxygen atoms in total. The van der Waals surface area contributed by atoms with Crippen LogP contribution >= 0.6 is 0 Å². The number of nitrogens with two attached hydrogens (primary N) is 1. The van der Waals surface area contributed by atoms with Crippen molar-refractivity contribution in [1.82, 2.24) is 0 Å². The SMILES string of the molecule is COC(C)COc1c(F)cccc1CN. The maximum atomic E-state index is 13.4. The first-order valence-electron chi connectivity index (χ1n) is 4.82. The van der Waals surface area contributed by atoms with Gasteiger partial charge < -0.3 is 15.2 Å². The molecule has 0 aromatic heterocycles. The van der Waals surface area contributed by atoms with E-state index in [-0.39, 0.29) is 24.2 Å². The third-order valence-electron chi connectivity index (χ3n) is 2.13. The molecule has 1 rings (SSSR count). The summed E-state index contributed by atoms with van der Waals surface area (Å²) in [6.45, 7) is 2.42. The molecule has 0 radical (unpaired) electrons. The molecule has 0 amide bonds. The second kappa shape index (κ2) is 5.68. The van der Waals surface area contributed by atoms with Crippen molar-refractivity contribution in [1.29, 1.82) is 0 Å². The molecule has 4 heteroatoms. The topological polar surface area (TPSA) is 44.5 Å². The molecule has 1 aromatic rings. The van der Waals surface area contributed by atoms with Gasteiger partial charge in [0.1, 0.15) is 6.61 Å². The predicted molar refractivity (Wildman–Crippen MR) is 56.3 cm³/mol. The van der Waals surface area contributed by atoms with Gasteiger partial charge in [-0.05, 0) is 13.0 Å². The Morgan fingerprint density at radius 1 is 1.47 bits per heavy atom. The molecule has 0 heterocycles. The summed E-state index contributed by atoms with van der Waals surface area (Å²) >= 11 is 0. The van der Waals surface area contributed by atoms with Crippen LogP contribution in [0.2, 0.25) is 0 Å². The number of hydrogen-bond acceptors (Lipinski definition) is 3. The van der Waals surface area contributed by atoms with Crippen molar-refractivity contribution >= 4 is 0 Å². The number of ether oxygens (including phenoxy) is 2. The molecule has 0 spiro atoms. The molecular formula is C11H16FNO2. The molecule has 84 valence electrons. The summed E-state index contributed by atoms with van der Waals surface area (Å²) in [5.74, 6) is -0.162. The predicted octanol–water partition coefficient (Wildman–Crippen LogP) is 1.70. The van der Waals surface area contributed by atoms with E-state index in [0.717, 1.165) is 0 Å². The van der Waals surface area contributed by atoms with Crippen LogP contribution in [0.25, 0.3) is 0 Å². The summed E-state index contributed by atoms with van der Waals surface area (Å²) in [6, 6.07) is 4.71. The summed E-state index contributed by atoms with van der Waals surface area (Å²) in [5, 5.41) is 0. The van der Waals surface area contributed by atoms with Crippen LogP contribution in [0.1, 0.15) is 12.5 Å². The van der Waals surface area contributed by atoms with E-state index in [1.54, 1.807) is 19.2 Å². The van der Waals surface area contributed by atoms with Crippen molar-refractivity contribution in [3.63, 3.8) is 0 Å². The minimum absolute atomic E-state index is 0.0739. The van der Waals surface area contributed by atoms with E-state index in [1.807, 2.05) is 6.92 Å². The van der Waals surface area contributed by atoms with Gasteiger partial charge in [0.15, 0.2) is 11.6 Å². The van der Waals surface area contributed by atoms with E-state index in [2.05, 4.69) is 0 Å². The Morgan fingerprint density at radius 3 is 2.80 bits per heavy atom. The normalized spacial score (nSPS) is 12.5. The highest BCUT2D eigenvalue weighted by Crippen LogP contribution is 2.22. The van der Waals surface area contributed by atoms with Crippen LogP contribution in [0.15, 0.2) is 18.2 Å². The number of methoxy groups -OCH3 is 1. The fourth-order valence-corrected chi connectivity index (χ4v) is 1.14. The molecule has 15 heavy (non-hydrogen) atoms. The lowest BCUT2D eigenvalue weighted by atomic mass is 10.2. The maximum absolute atomic E-state index is 13.4. The lowest BCUT2D eigenvalue weighted by molar-refractivity contribution is 0.0698. The lowest BCUT2D eigenvalue weighted by Crippen LogP contribution is -2.17. The fourth-order valence-electron chi connectivity index (χ4n) is 1.14. The Balaban J connectivity index is 2.74. The summed E-state index contributed by atoms with van der Waals surface area (Å²) in [6.07, 6.45) is -0.0739. The molecule has 1 unspecified atom stereocenters. The zero-order valence-electron chi connectivity index (χ0n) is 9.00. The van der Waals surface area contributed by atoms with E-state index >= 15 is 0 Å². The van der Waals surface area contributed by atoms with Crippen molar-refractivity contribution in [2.75, 3.05) is 13.7 Å². The van der Waals surface area contributed by atoms with Crippen LogP contribution < -0.4 is 10.5 Å². The van der Waals surface area contributed by atoms with Crippen LogP contribution in [-0.4, -0.2) is 19.8 Å². The highest BCUT2D eigenvalue weighted by Gasteiger charge is 2.10. The van der Waals surface area contributed by atoms with E-state index in [1.165, 1.54) is 6.07 Å². The average Bonchev–Trinajstić information content (AvgIpc) is 2.26. The minimum atomic E-state index is -0.388. The Morgan fingerprint density at radius 2 is 2.20 bits per heavy atom. The van der Waals surface area contributed by atoms with E-state index < -0.39 is 0 Å². The van der Waals surface area contributed by atoms with Gasteiger partial charge in [0, 0.05) is 19.2 Å². The Kier molecular flexibility index (Phi) is 4.52. The van der Waals surface area contributed by atoms with E-state index in [9.17, 15) is 4.39 Å². The third-order valence-corrected chi connectivity index (χ3v) is 2.13. The molecule has 0 aliphatic heterocycles. The minimum Gasteiger partial charge on any atom is -0.487 e. The molecule has 2 N–H and O–H groups in total. The number of hydrogen-bond donors (Lipinski definition) is 1. The molecule has 0 bridgehead atoms. The van der Waals surface area contributed by atoms with Crippen molar-refractivity contribution in [3.05, 3.63) is 29.6 Å². The molecule has 0 fully saturated rings. The van der Waals surface area contributed by atoms with E-state index in [0.29, 0.717) is 12.2 Å². The quantitative estimate of drug-likeness (QED) is 0.809. The van der Waals surface area contributed by atoms with Gasteiger partial charge in [-0.2, -0.15) is 0 Å². The van der Waals surface area contributed by atoms with Gasteiger partial charge in [-0.3, -0.25) is 0 Å². The van der Waals surface area contributed by atoms with Crippen LogP contribution in [0.5, 0.6) is 5.75 Å². The third kappa shape index (κ3) is 3.18. The second-order valence-corrected chi connectivity index (χ2v) is 3.29. The second-order valence-electron chi connectivity index (χ2n) is 3.29. The zero-order chi connectivity index (χ0) is 11.3. The van der Waals surface area contributed by atoms with Crippen molar-refractivity contribution in [2.45, 2.75) is 19.6 Å². The maximum Gasteiger partial charge on any atom is 0.165 e. The van der Waals surface area contributed by atoms with Gasteiger partial charge in [-0.1, -0.05) is 12.1 Å². The molecule has 0 saturated heterocycles. The molecule has 1 aromatic carbocycles. The number of benzene rings is 1. The summed E-state index contributed by atoms with van der Waals surface area (Å²) in [4.78, 5) is 0. The lowest BCUT2D eigenvalue weighted by Gasteiger charge is -2.14. The summed E-state index contributed by atoms with van der Waals surface area (Å²) in [5.41, 5.74) is 6.15. The van der Waals surface area contributed by atoms with Gasteiger partial charge in [-0.15, -0.1) is 0 Å². The summed E-state index contributed by atoms with van der Waals surface area (Å²) < 4.78 is 23.7. The van der Waals surface area contributed by atoms with Crippen LogP contribution in [-0.2, 0) is 11.3 Å². The molecule has 1 atom stereocenters. The van der Waals surface area contributed by atoms with Crippen molar-refractivity contribution < 1.29 is 13.9 Å². The van der Waals surface area contributed by atoms with Gasteiger partial charge in [0.05, 0.1) is 6.10 Å². The van der Waals surface area contributed by atoms with Gasteiger partial charge in [0.2, 0.25) is 0 Å². The van der Waals surface area contributed by atoms with Crippen LogP contribution in [0.3, 0.4) is 0 Å². The molecule has 0 aliphatic rings. The highest BCUT2D eigenvalue weighted by atomic mass is 19.1. The van der Waals surface area contributed by atoms with Crippen molar-refractivity contribution in [2.24, 2.45) is 5.73 Å². The molecule has 0 aliphatic carbocycles. The monoisotopic (exact) mass is 213 g/mol. The summed E-state index contributed by atoms with van der Waals surface area (Å²) in [7, 11) is 1.58. The molecular weight excluding hydrogens is 197 g/mol. The first kappa shape index (κ1) is 11.9. The van der Waals surface area contributed by atoms with E-state index in [4.69, 9.17) is 15.2 Å². The Labute approximate surface area is 89.0 Å².